The Hall–Kier alpha value is -1.30. The molecule has 0 aliphatic rings. The van der Waals surface area contributed by atoms with E-state index in [2.05, 4.69) is 21.4 Å². The van der Waals surface area contributed by atoms with E-state index >= 15 is 0 Å². The lowest BCUT2D eigenvalue weighted by molar-refractivity contribution is 0.470. The average molecular weight is 341 g/mol. The molecule has 106 valence electrons. The van der Waals surface area contributed by atoms with Crippen LogP contribution in [-0.4, -0.2) is 0 Å². The molecule has 2 aromatic carbocycles. The summed E-state index contributed by atoms with van der Waals surface area (Å²) >= 11 is 3.07. The minimum absolute atomic E-state index is 0.0508. The van der Waals surface area contributed by atoms with Crippen LogP contribution in [0.5, 0.6) is 0 Å². The van der Waals surface area contributed by atoms with Gasteiger partial charge in [-0.15, -0.1) is 0 Å². The molecule has 0 bridgehead atoms. The van der Waals surface area contributed by atoms with Crippen LogP contribution in [-0.2, 0) is 6.42 Å². The van der Waals surface area contributed by atoms with E-state index in [9.17, 15) is 8.78 Å². The Morgan fingerprint density at radius 2 is 1.90 bits per heavy atom. The summed E-state index contributed by atoms with van der Waals surface area (Å²) in [7, 11) is 0. The van der Waals surface area contributed by atoms with Gasteiger partial charge in [-0.2, -0.15) is 0 Å². The molecule has 20 heavy (non-hydrogen) atoms. The van der Waals surface area contributed by atoms with E-state index in [0.29, 0.717) is 6.42 Å². The van der Waals surface area contributed by atoms with Crippen LogP contribution >= 0.6 is 15.9 Å². The molecule has 1 unspecified atom stereocenters. The first-order valence-electron chi connectivity index (χ1n) is 6.18. The van der Waals surface area contributed by atoms with Crippen LogP contribution in [0.1, 0.15) is 22.7 Å². The minimum atomic E-state index is -0.631. The molecule has 1 atom stereocenters. The summed E-state index contributed by atoms with van der Waals surface area (Å²) in [6, 6.07) is 9.63. The summed E-state index contributed by atoms with van der Waals surface area (Å²) in [5.74, 6) is 4.26. The van der Waals surface area contributed by atoms with Crippen molar-refractivity contribution in [1.82, 2.24) is 5.43 Å². The number of halogens is 3. The summed E-state index contributed by atoms with van der Waals surface area (Å²) in [5.41, 5.74) is 4.50. The van der Waals surface area contributed by atoms with Crippen LogP contribution < -0.4 is 11.3 Å². The van der Waals surface area contributed by atoms with Crippen LogP contribution in [0.4, 0.5) is 8.78 Å². The zero-order chi connectivity index (χ0) is 14.7. The highest BCUT2D eigenvalue weighted by Crippen LogP contribution is 2.29. The lowest BCUT2D eigenvalue weighted by Crippen LogP contribution is -2.31. The van der Waals surface area contributed by atoms with E-state index in [4.69, 9.17) is 5.84 Å². The molecular formula is C15H15BrF2N2. The second-order valence-electron chi connectivity index (χ2n) is 4.61. The maximum Gasteiger partial charge on any atom is 0.145 e. The van der Waals surface area contributed by atoms with Crippen molar-refractivity contribution >= 4 is 15.9 Å². The van der Waals surface area contributed by atoms with Crippen molar-refractivity contribution in [3.8, 4) is 0 Å². The summed E-state index contributed by atoms with van der Waals surface area (Å²) in [6.07, 6.45) is 0.410. The molecule has 3 N–H and O–H groups in total. The van der Waals surface area contributed by atoms with Crippen molar-refractivity contribution in [2.45, 2.75) is 19.4 Å². The maximum atomic E-state index is 14.1. The Labute approximate surface area is 125 Å². The van der Waals surface area contributed by atoms with Crippen molar-refractivity contribution in [3.63, 3.8) is 0 Å². The monoisotopic (exact) mass is 340 g/mol. The van der Waals surface area contributed by atoms with Gasteiger partial charge in [-0.05, 0) is 52.5 Å². The standard InChI is InChI=1S/C15H15BrF2N2/c1-9-4-2-3-5-10(9)8-13(20-19)14-12(17)7-6-11(16)15(14)18/h2-7,13,20H,8,19H2,1H3. The maximum absolute atomic E-state index is 14.1. The number of hydrogen-bond donors (Lipinski definition) is 2. The predicted molar refractivity (Wildman–Crippen MR) is 79.0 cm³/mol. The largest absolute Gasteiger partial charge is 0.271 e. The second-order valence-corrected chi connectivity index (χ2v) is 5.46. The van der Waals surface area contributed by atoms with Gasteiger partial charge in [-0.25, -0.2) is 8.78 Å². The number of nitrogens with one attached hydrogen (secondary N) is 1. The molecule has 0 radical (unpaired) electrons. The SMILES string of the molecule is Cc1ccccc1CC(NN)c1c(F)ccc(Br)c1F. The smallest absolute Gasteiger partial charge is 0.145 e. The molecule has 0 spiro atoms. The predicted octanol–water partition coefficient (Wildman–Crippen LogP) is 3.78. The molecule has 0 amide bonds. The van der Waals surface area contributed by atoms with Gasteiger partial charge in [0, 0.05) is 5.56 Å². The fourth-order valence-corrected chi connectivity index (χ4v) is 2.51. The van der Waals surface area contributed by atoms with Crippen molar-refractivity contribution in [2.75, 3.05) is 0 Å². The van der Waals surface area contributed by atoms with Crippen LogP contribution in [0, 0.1) is 18.6 Å². The number of hydrazine groups is 1. The van der Waals surface area contributed by atoms with Crippen LogP contribution in [0.2, 0.25) is 0 Å². The summed E-state index contributed by atoms with van der Waals surface area (Å²) in [5, 5.41) is 0. The van der Waals surface area contributed by atoms with Gasteiger partial charge in [0.2, 0.25) is 0 Å². The minimum Gasteiger partial charge on any atom is -0.271 e. The van der Waals surface area contributed by atoms with Gasteiger partial charge in [0.05, 0.1) is 10.5 Å². The molecule has 0 aliphatic heterocycles. The van der Waals surface area contributed by atoms with Gasteiger partial charge < -0.3 is 0 Å². The van der Waals surface area contributed by atoms with Gasteiger partial charge in [0.15, 0.2) is 0 Å². The Kier molecular flexibility index (Phi) is 4.86. The highest BCUT2D eigenvalue weighted by Gasteiger charge is 2.22. The van der Waals surface area contributed by atoms with E-state index < -0.39 is 17.7 Å². The summed E-state index contributed by atoms with van der Waals surface area (Å²) in [4.78, 5) is 0. The van der Waals surface area contributed by atoms with E-state index in [1.165, 1.54) is 12.1 Å². The Balaban J connectivity index is 2.39. The van der Waals surface area contributed by atoms with Crippen molar-refractivity contribution in [1.29, 1.82) is 0 Å². The quantitative estimate of drug-likeness (QED) is 0.505. The Bertz CT molecular complexity index is 617. The lowest BCUT2D eigenvalue weighted by atomic mass is 9.96. The number of benzene rings is 2. The molecule has 2 nitrogen and oxygen atoms in total. The molecule has 0 aliphatic carbocycles. The van der Waals surface area contributed by atoms with E-state index in [1.807, 2.05) is 31.2 Å². The first-order chi connectivity index (χ1) is 9.54. The van der Waals surface area contributed by atoms with Crippen molar-refractivity contribution < 1.29 is 8.78 Å². The lowest BCUT2D eigenvalue weighted by Gasteiger charge is -2.19. The van der Waals surface area contributed by atoms with E-state index in [1.54, 1.807) is 0 Å². The first kappa shape index (κ1) is 15.1. The normalized spacial score (nSPS) is 12.4. The van der Waals surface area contributed by atoms with E-state index in [0.717, 1.165) is 11.1 Å². The molecule has 0 heterocycles. The molecule has 0 fully saturated rings. The molecule has 0 saturated heterocycles. The Morgan fingerprint density at radius 3 is 2.55 bits per heavy atom. The van der Waals surface area contributed by atoms with Gasteiger partial charge in [0.1, 0.15) is 11.6 Å². The number of rotatable bonds is 4. The van der Waals surface area contributed by atoms with E-state index in [-0.39, 0.29) is 10.0 Å². The van der Waals surface area contributed by atoms with Crippen molar-refractivity contribution in [2.24, 2.45) is 5.84 Å². The number of hydrogen-bond acceptors (Lipinski definition) is 2. The first-order valence-corrected chi connectivity index (χ1v) is 6.98. The number of nitrogens with two attached hydrogens (primary N) is 1. The summed E-state index contributed by atoms with van der Waals surface area (Å²) in [6.45, 7) is 1.95. The molecule has 0 saturated carbocycles. The zero-order valence-electron chi connectivity index (χ0n) is 11.0. The van der Waals surface area contributed by atoms with Gasteiger partial charge >= 0.3 is 0 Å². The van der Waals surface area contributed by atoms with Crippen LogP contribution in [0.3, 0.4) is 0 Å². The third kappa shape index (κ3) is 3.06. The third-order valence-electron chi connectivity index (χ3n) is 3.31. The average Bonchev–Trinajstić information content (AvgIpc) is 2.44. The van der Waals surface area contributed by atoms with Gasteiger partial charge in [-0.3, -0.25) is 11.3 Å². The fourth-order valence-electron chi connectivity index (χ4n) is 2.17. The molecule has 5 heteroatoms. The van der Waals surface area contributed by atoms with Gasteiger partial charge in [0.25, 0.3) is 0 Å². The van der Waals surface area contributed by atoms with Crippen LogP contribution in [0.25, 0.3) is 0 Å². The second kappa shape index (κ2) is 6.43. The zero-order valence-corrected chi connectivity index (χ0v) is 12.5. The third-order valence-corrected chi connectivity index (χ3v) is 3.93. The highest BCUT2D eigenvalue weighted by molar-refractivity contribution is 9.10. The summed E-state index contributed by atoms with van der Waals surface area (Å²) < 4.78 is 28.3. The van der Waals surface area contributed by atoms with Crippen LogP contribution in [0.15, 0.2) is 40.9 Å². The topological polar surface area (TPSA) is 38.0 Å². The molecular weight excluding hydrogens is 326 g/mol. The molecule has 0 aromatic heterocycles. The van der Waals surface area contributed by atoms with Gasteiger partial charge in [-0.1, -0.05) is 24.3 Å². The highest BCUT2D eigenvalue weighted by atomic mass is 79.9. The molecule has 2 rings (SSSR count). The molecule has 2 aromatic rings. The number of aryl methyl sites for hydroxylation is 1. The van der Waals surface area contributed by atoms with Crippen molar-refractivity contribution in [3.05, 3.63) is 69.2 Å². The fraction of sp³-hybridized carbons (Fsp3) is 0.200. The Morgan fingerprint density at radius 1 is 1.20 bits per heavy atom.